The van der Waals surface area contributed by atoms with E-state index in [1.54, 1.807) is 6.07 Å². The monoisotopic (exact) mass is 1180 g/mol. The standard InChI is InChI=1S/C54H51N2O.C14H15FNSi.Ir/c1-32(2)41-28-37(35-23-24-45-46(30-35)54(7,8)26-14-25-53(45,5)6)29-42(33(3)4)50(41)56-48-20-12-11-19-47(48)55-52(56)40-18-13-17-39-44-27-36-22-21-34-15-9-10-16-38(34)43(36)31-49(44)57-51(39)40;1-17(2,3)13-8-9-16-14(10-13)11-4-6-12(15)7-5-11;/h9-13,15-17,19-24,27-33H,14,25-26H2,1-8H3;4,6-10H,1-3H3;/q2*-1;. The van der Waals surface area contributed by atoms with E-state index in [0.29, 0.717) is 0 Å². The Morgan fingerprint density at radius 1 is 0.653 bits per heavy atom. The van der Waals surface area contributed by atoms with Crippen molar-refractivity contribution in [3.05, 3.63) is 192 Å². The van der Waals surface area contributed by atoms with Crippen molar-refractivity contribution in [1.82, 2.24) is 14.5 Å². The van der Waals surface area contributed by atoms with Gasteiger partial charge in [-0.05, 0) is 139 Å². The molecule has 0 unspecified atom stereocenters. The average molecular weight is 1180 g/mol. The summed E-state index contributed by atoms with van der Waals surface area (Å²) in [6.07, 6.45) is 5.50. The Kier molecular flexibility index (Phi) is 13.8. The molecule has 0 atom stereocenters. The third-order valence-corrected chi connectivity index (χ3v) is 17.9. The first-order valence-electron chi connectivity index (χ1n) is 26.5. The second kappa shape index (κ2) is 19.9. The maximum atomic E-state index is 12.8. The van der Waals surface area contributed by atoms with Gasteiger partial charge in [-0.3, -0.25) is 9.37 Å². The van der Waals surface area contributed by atoms with Gasteiger partial charge in [0.25, 0.3) is 0 Å². The smallest absolute Gasteiger partial charge is 0.121 e. The van der Waals surface area contributed by atoms with Crippen LogP contribution in [0.1, 0.15) is 109 Å². The molecule has 4 nitrogen and oxygen atoms in total. The Bertz CT molecular complexity index is 3920. The van der Waals surface area contributed by atoms with Crippen molar-refractivity contribution < 1.29 is 28.9 Å². The minimum Gasteiger partial charge on any atom is -0.501 e. The number of halogens is 1. The molecule has 0 aliphatic heterocycles. The van der Waals surface area contributed by atoms with Gasteiger partial charge in [0.05, 0.1) is 30.5 Å². The van der Waals surface area contributed by atoms with E-state index in [0.717, 1.165) is 55.6 Å². The number of fused-ring (bicyclic) bond motifs is 8. The van der Waals surface area contributed by atoms with Gasteiger partial charge in [0.15, 0.2) is 0 Å². The molecule has 3 aromatic heterocycles. The zero-order valence-corrected chi connectivity index (χ0v) is 48.6. The summed E-state index contributed by atoms with van der Waals surface area (Å²) >= 11 is 0. The van der Waals surface area contributed by atoms with Gasteiger partial charge in [-0.25, -0.2) is 0 Å². The molecule has 0 N–H and O–H groups in total. The number of furan rings is 1. The molecule has 1 aliphatic carbocycles. The zero-order chi connectivity index (χ0) is 51.8. The maximum absolute atomic E-state index is 12.8. The fourth-order valence-electron chi connectivity index (χ4n) is 11.5. The van der Waals surface area contributed by atoms with E-state index in [1.165, 1.54) is 97.2 Å². The molecule has 0 spiro atoms. The van der Waals surface area contributed by atoms with Gasteiger partial charge < -0.3 is 14.0 Å². The molecular formula is C68H66FIrN3OSi-2. The van der Waals surface area contributed by atoms with Gasteiger partial charge in [0.1, 0.15) is 5.58 Å². The number of pyridine rings is 1. The average Bonchev–Trinajstić information content (AvgIpc) is 3.93. The van der Waals surface area contributed by atoms with E-state index in [9.17, 15) is 4.39 Å². The van der Waals surface area contributed by atoms with Crippen LogP contribution in [0.2, 0.25) is 19.6 Å². The number of hydrogen-bond donors (Lipinski definition) is 0. The molecular weight excluding hydrogens is 1110 g/mol. The van der Waals surface area contributed by atoms with Crippen molar-refractivity contribution >= 4 is 67.8 Å². The third kappa shape index (κ3) is 9.62. The molecule has 381 valence electrons. The van der Waals surface area contributed by atoms with Crippen LogP contribution >= 0.6 is 0 Å². The minimum absolute atomic E-state index is 0. The predicted molar refractivity (Wildman–Crippen MR) is 313 cm³/mol. The van der Waals surface area contributed by atoms with Crippen LogP contribution in [0.5, 0.6) is 0 Å². The van der Waals surface area contributed by atoms with Gasteiger partial charge in [0, 0.05) is 43.2 Å². The van der Waals surface area contributed by atoms with Crippen LogP contribution in [0, 0.1) is 17.9 Å². The molecule has 0 saturated carbocycles. The predicted octanol–water partition coefficient (Wildman–Crippen LogP) is 18.6. The molecule has 11 aromatic rings. The zero-order valence-electron chi connectivity index (χ0n) is 45.2. The Labute approximate surface area is 456 Å². The largest absolute Gasteiger partial charge is 0.501 e. The number of aromatic nitrogens is 3. The summed E-state index contributed by atoms with van der Waals surface area (Å²) < 4.78 is 22.2. The summed E-state index contributed by atoms with van der Waals surface area (Å²) in [5, 5.41) is 8.39. The second-order valence-electron chi connectivity index (χ2n) is 23.6. The van der Waals surface area contributed by atoms with Crippen molar-refractivity contribution in [3.63, 3.8) is 0 Å². The quantitative estimate of drug-likeness (QED) is 0.0691. The van der Waals surface area contributed by atoms with Crippen molar-refractivity contribution in [1.29, 1.82) is 0 Å². The van der Waals surface area contributed by atoms with Crippen LogP contribution in [0.25, 0.3) is 94.0 Å². The molecule has 0 amide bonds. The first-order valence-corrected chi connectivity index (χ1v) is 30.0. The van der Waals surface area contributed by atoms with E-state index in [1.807, 2.05) is 12.3 Å². The Morgan fingerprint density at radius 3 is 2.08 bits per heavy atom. The molecule has 7 heteroatoms. The first kappa shape index (κ1) is 52.0. The first-order chi connectivity index (χ1) is 35.4. The molecule has 8 aromatic carbocycles. The summed E-state index contributed by atoms with van der Waals surface area (Å²) in [4.78, 5) is 9.74. The van der Waals surface area contributed by atoms with Gasteiger partial charge in [-0.1, -0.05) is 170 Å². The Morgan fingerprint density at radius 2 is 1.36 bits per heavy atom. The number of rotatable bonds is 7. The number of hydrogen-bond acceptors (Lipinski definition) is 3. The summed E-state index contributed by atoms with van der Waals surface area (Å²) in [5.74, 6) is 1.10. The van der Waals surface area contributed by atoms with E-state index < -0.39 is 8.07 Å². The van der Waals surface area contributed by atoms with Crippen molar-refractivity contribution in [2.75, 3.05) is 0 Å². The van der Waals surface area contributed by atoms with Crippen LogP contribution in [-0.2, 0) is 30.9 Å². The van der Waals surface area contributed by atoms with Crippen LogP contribution in [0.3, 0.4) is 0 Å². The van der Waals surface area contributed by atoms with Crippen LogP contribution in [0.4, 0.5) is 4.39 Å². The summed E-state index contributed by atoms with van der Waals surface area (Å²) in [6, 6.07) is 57.7. The maximum Gasteiger partial charge on any atom is 0.121 e. The van der Waals surface area contributed by atoms with Gasteiger partial charge in [-0.2, -0.15) is 0 Å². The molecule has 0 fully saturated rings. The molecule has 0 bridgehead atoms. The molecule has 1 aliphatic rings. The topological polar surface area (TPSA) is 43.9 Å². The minimum atomic E-state index is -1.34. The third-order valence-electron chi connectivity index (χ3n) is 15.8. The van der Waals surface area contributed by atoms with Gasteiger partial charge in [0.2, 0.25) is 0 Å². The number of imidazole rings is 1. The van der Waals surface area contributed by atoms with E-state index >= 15 is 0 Å². The van der Waals surface area contributed by atoms with Gasteiger partial charge in [-0.15, -0.1) is 48.0 Å². The SMILES string of the molecule is CC(C)c1cc(-c2ccc3c(c2)C(C)(C)CCCC3(C)C)cc(C(C)C)c1-n1c(-c2[c-]ccc3c2oc2cc4c(ccc5ccccc54)cc23)nc2ccccc21.C[Si](C)(C)c1ccnc(-c2[c-]cc(F)cc2)c1.[Ir]. The van der Waals surface area contributed by atoms with Crippen LogP contribution in [-0.4, -0.2) is 22.6 Å². The van der Waals surface area contributed by atoms with Crippen molar-refractivity contribution in [2.45, 2.75) is 117 Å². The molecule has 3 heterocycles. The summed E-state index contributed by atoms with van der Waals surface area (Å²) in [5.41, 5.74) is 16.0. The van der Waals surface area contributed by atoms with Crippen LogP contribution < -0.4 is 5.19 Å². The number of para-hydroxylation sites is 2. The second-order valence-corrected chi connectivity index (χ2v) is 28.7. The van der Waals surface area contributed by atoms with Crippen molar-refractivity contribution in [2.24, 2.45) is 0 Å². The molecule has 0 saturated heterocycles. The number of nitrogens with zero attached hydrogens (tertiary/aromatic N) is 3. The van der Waals surface area contributed by atoms with Crippen molar-refractivity contribution in [3.8, 4) is 39.5 Å². The molecule has 75 heavy (non-hydrogen) atoms. The Balaban J connectivity index is 0.000000304. The fourth-order valence-corrected chi connectivity index (χ4v) is 12.7. The Hall–Kier alpha value is -6.50. The fraction of sp³-hybridized carbons (Fsp3) is 0.265. The normalized spacial score (nSPS) is 14.3. The van der Waals surface area contributed by atoms with E-state index in [4.69, 9.17) is 9.40 Å². The molecule has 1 radical (unpaired) electrons. The van der Waals surface area contributed by atoms with Crippen LogP contribution in [0.15, 0.2) is 156 Å². The summed E-state index contributed by atoms with van der Waals surface area (Å²) in [6.45, 7) is 25.9. The summed E-state index contributed by atoms with van der Waals surface area (Å²) in [7, 11) is -1.34. The van der Waals surface area contributed by atoms with E-state index in [-0.39, 0.29) is 48.6 Å². The van der Waals surface area contributed by atoms with Gasteiger partial charge >= 0.3 is 0 Å². The number of benzene rings is 8. The van der Waals surface area contributed by atoms with E-state index in [2.05, 4.69) is 218 Å². The molecule has 12 rings (SSSR count).